The summed E-state index contributed by atoms with van der Waals surface area (Å²) in [5, 5.41) is 5.26. The highest BCUT2D eigenvalue weighted by Gasteiger charge is 2.36. The van der Waals surface area contributed by atoms with Crippen LogP contribution in [0.1, 0.15) is 77.5 Å². The highest BCUT2D eigenvalue weighted by atomic mass is 16.6. The number of benzene rings is 1. The van der Waals surface area contributed by atoms with E-state index in [0.29, 0.717) is 12.0 Å². The Morgan fingerprint density at radius 3 is 2.18 bits per heavy atom. The molecule has 0 aromatic heterocycles. The van der Waals surface area contributed by atoms with Gasteiger partial charge >= 0.3 is 12.1 Å². The Bertz CT molecular complexity index is 957. The predicted octanol–water partition coefficient (Wildman–Crippen LogP) is 2.50. The zero-order chi connectivity index (χ0) is 28.9. The number of ether oxygens (including phenoxy) is 2. The average Bonchev–Trinajstić information content (AvgIpc) is 2.81. The highest BCUT2D eigenvalue weighted by Crippen LogP contribution is 2.24. The fraction of sp³-hybridized carbons (Fsp3) is 0.593. The third-order valence-electron chi connectivity index (χ3n) is 5.30. The summed E-state index contributed by atoms with van der Waals surface area (Å²) in [7, 11) is 0. The quantitative estimate of drug-likeness (QED) is 0.309. The lowest BCUT2D eigenvalue weighted by Crippen LogP contribution is -2.53. The van der Waals surface area contributed by atoms with Crippen LogP contribution in [0.2, 0.25) is 0 Å². The molecule has 11 heteroatoms. The van der Waals surface area contributed by atoms with E-state index in [4.69, 9.17) is 15.2 Å². The molecule has 2 atom stereocenters. The largest absolute Gasteiger partial charge is 0.466 e. The van der Waals surface area contributed by atoms with Crippen LogP contribution in [0.5, 0.6) is 0 Å². The molecule has 4 amide bonds. The Balaban J connectivity index is 3.34. The Kier molecular flexibility index (Phi) is 13.3. The first-order valence-electron chi connectivity index (χ1n) is 12.9. The number of hydrogen-bond donors (Lipinski definition) is 3. The summed E-state index contributed by atoms with van der Waals surface area (Å²) in [6, 6.07) is 4.94. The molecule has 1 aromatic rings. The van der Waals surface area contributed by atoms with Crippen molar-refractivity contribution in [2.24, 2.45) is 5.73 Å². The molecule has 212 valence electrons. The first-order chi connectivity index (χ1) is 17.8. The number of hydrogen-bond acceptors (Lipinski definition) is 7. The van der Waals surface area contributed by atoms with Gasteiger partial charge in [0.2, 0.25) is 17.7 Å². The van der Waals surface area contributed by atoms with Crippen molar-refractivity contribution in [3.63, 3.8) is 0 Å². The third-order valence-corrected chi connectivity index (χ3v) is 5.30. The molecular formula is C27H42N4O7. The summed E-state index contributed by atoms with van der Waals surface area (Å²) in [6.07, 6.45) is -0.573. The molecule has 4 N–H and O–H groups in total. The van der Waals surface area contributed by atoms with E-state index in [9.17, 15) is 24.0 Å². The second kappa shape index (κ2) is 15.6. The van der Waals surface area contributed by atoms with Crippen LogP contribution in [0.3, 0.4) is 0 Å². The Labute approximate surface area is 224 Å². The van der Waals surface area contributed by atoms with E-state index in [0.717, 1.165) is 5.56 Å². The highest BCUT2D eigenvalue weighted by molar-refractivity contribution is 5.92. The number of alkyl carbamates (subject to hydrolysis) is 1. The van der Waals surface area contributed by atoms with E-state index in [1.165, 1.54) is 4.90 Å². The maximum absolute atomic E-state index is 13.8. The normalized spacial score (nSPS) is 12.6. The van der Waals surface area contributed by atoms with E-state index in [1.54, 1.807) is 39.8 Å². The second-order valence-corrected chi connectivity index (χ2v) is 9.89. The van der Waals surface area contributed by atoms with Crippen LogP contribution in [0, 0.1) is 6.92 Å². The minimum absolute atomic E-state index is 0.0233. The molecule has 0 aliphatic rings. The Morgan fingerprint density at radius 2 is 1.66 bits per heavy atom. The van der Waals surface area contributed by atoms with Crippen molar-refractivity contribution in [1.29, 1.82) is 0 Å². The number of nitrogens with zero attached hydrogens (tertiary/aromatic N) is 1. The van der Waals surface area contributed by atoms with Crippen molar-refractivity contribution in [2.45, 2.75) is 84.9 Å². The van der Waals surface area contributed by atoms with Gasteiger partial charge in [0.15, 0.2) is 0 Å². The van der Waals surface area contributed by atoms with E-state index in [1.807, 2.05) is 26.0 Å². The molecule has 0 heterocycles. The van der Waals surface area contributed by atoms with Crippen LogP contribution in [0.25, 0.3) is 0 Å². The monoisotopic (exact) mass is 534 g/mol. The van der Waals surface area contributed by atoms with Gasteiger partial charge in [0, 0.05) is 19.5 Å². The number of rotatable bonds is 14. The van der Waals surface area contributed by atoms with Crippen molar-refractivity contribution in [1.82, 2.24) is 15.5 Å². The van der Waals surface area contributed by atoms with E-state index in [2.05, 4.69) is 10.6 Å². The Morgan fingerprint density at radius 1 is 1.03 bits per heavy atom. The summed E-state index contributed by atoms with van der Waals surface area (Å²) in [5.41, 5.74) is 6.02. The van der Waals surface area contributed by atoms with Crippen LogP contribution in [-0.4, -0.2) is 66.0 Å². The van der Waals surface area contributed by atoms with Gasteiger partial charge in [-0.05, 0) is 53.0 Å². The molecule has 0 saturated heterocycles. The average molecular weight is 535 g/mol. The van der Waals surface area contributed by atoms with Crippen molar-refractivity contribution in [3.8, 4) is 0 Å². The number of amides is 4. The summed E-state index contributed by atoms with van der Waals surface area (Å²) < 4.78 is 10.2. The number of esters is 1. The summed E-state index contributed by atoms with van der Waals surface area (Å²) in [5.74, 6) is -2.15. The molecule has 1 aromatic carbocycles. The van der Waals surface area contributed by atoms with Crippen molar-refractivity contribution >= 4 is 29.8 Å². The fourth-order valence-corrected chi connectivity index (χ4v) is 3.64. The third kappa shape index (κ3) is 11.6. The Hall–Kier alpha value is -3.63. The molecule has 0 aliphatic carbocycles. The summed E-state index contributed by atoms with van der Waals surface area (Å²) >= 11 is 0. The lowest BCUT2D eigenvalue weighted by Gasteiger charge is -2.34. The lowest BCUT2D eigenvalue weighted by molar-refractivity contribution is -0.144. The molecule has 0 radical (unpaired) electrons. The SMILES string of the molecule is CCCN(C(=O)C(CCC(N)=O)NC(=O)OC(C)(C)C)C(C(=O)NCCC(=O)OCC)c1ccc(C)cc1. The topological polar surface area (TPSA) is 157 Å². The number of primary amides is 1. The van der Waals surface area contributed by atoms with Gasteiger partial charge in [-0.1, -0.05) is 36.8 Å². The van der Waals surface area contributed by atoms with E-state index in [-0.39, 0.29) is 39.0 Å². The molecule has 0 fully saturated rings. The molecular weight excluding hydrogens is 492 g/mol. The van der Waals surface area contributed by atoms with Crippen LogP contribution in [0.15, 0.2) is 24.3 Å². The summed E-state index contributed by atoms with van der Waals surface area (Å²) in [6.45, 7) is 10.9. The lowest BCUT2D eigenvalue weighted by atomic mass is 10.00. The maximum atomic E-state index is 13.8. The number of aryl methyl sites for hydroxylation is 1. The van der Waals surface area contributed by atoms with Gasteiger partial charge in [-0.15, -0.1) is 0 Å². The number of nitrogens with two attached hydrogens (primary N) is 1. The van der Waals surface area contributed by atoms with Crippen molar-refractivity contribution < 1.29 is 33.4 Å². The predicted molar refractivity (Wildman–Crippen MR) is 142 cm³/mol. The maximum Gasteiger partial charge on any atom is 0.408 e. The van der Waals surface area contributed by atoms with Gasteiger partial charge in [0.05, 0.1) is 13.0 Å². The molecule has 2 unspecified atom stereocenters. The van der Waals surface area contributed by atoms with E-state index >= 15 is 0 Å². The zero-order valence-electron chi connectivity index (χ0n) is 23.3. The van der Waals surface area contributed by atoms with Crippen LogP contribution < -0.4 is 16.4 Å². The standard InChI is InChI=1S/C27H42N4O7/c1-7-17-31(25(35)20(13-14-21(28)32)30-26(36)38-27(4,5)6)23(19-11-9-18(3)10-12-19)24(34)29-16-15-22(33)37-8-2/h9-12,20,23H,7-8,13-17H2,1-6H3,(H2,28,32)(H,29,34)(H,30,36). The van der Waals surface area contributed by atoms with Crippen molar-refractivity contribution in [2.75, 3.05) is 19.7 Å². The molecule has 11 nitrogen and oxygen atoms in total. The smallest absolute Gasteiger partial charge is 0.408 e. The number of carbonyl (C=O) groups excluding carboxylic acids is 5. The second-order valence-electron chi connectivity index (χ2n) is 9.89. The van der Waals surface area contributed by atoms with Gasteiger partial charge < -0.3 is 30.7 Å². The van der Waals surface area contributed by atoms with Crippen LogP contribution in [0.4, 0.5) is 4.79 Å². The van der Waals surface area contributed by atoms with Crippen molar-refractivity contribution in [3.05, 3.63) is 35.4 Å². The van der Waals surface area contributed by atoms with Gasteiger partial charge in [0.1, 0.15) is 17.7 Å². The number of nitrogens with one attached hydrogen (secondary N) is 2. The molecule has 1 rings (SSSR count). The minimum atomic E-state index is -1.16. The van der Waals surface area contributed by atoms with E-state index < -0.39 is 47.5 Å². The number of carbonyl (C=O) groups is 5. The van der Waals surface area contributed by atoms with Gasteiger partial charge in [-0.2, -0.15) is 0 Å². The van der Waals surface area contributed by atoms with Gasteiger partial charge in [-0.25, -0.2) is 4.79 Å². The molecule has 0 saturated carbocycles. The van der Waals surface area contributed by atoms with Gasteiger partial charge in [-0.3, -0.25) is 19.2 Å². The molecule has 0 aliphatic heterocycles. The molecule has 0 spiro atoms. The zero-order valence-corrected chi connectivity index (χ0v) is 23.3. The molecule has 38 heavy (non-hydrogen) atoms. The molecule has 0 bridgehead atoms. The first kappa shape index (κ1) is 32.4. The summed E-state index contributed by atoms with van der Waals surface area (Å²) in [4.78, 5) is 64.4. The first-order valence-corrected chi connectivity index (χ1v) is 12.9. The minimum Gasteiger partial charge on any atom is -0.466 e. The van der Waals surface area contributed by atoms with Gasteiger partial charge in [0.25, 0.3) is 0 Å². The van der Waals surface area contributed by atoms with Crippen LogP contribution >= 0.6 is 0 Å². The van der Waals surface area contributed by atoms with Crippen LogP contribution in [-0.2, 0) is 28.7 Å². The fourth-order valence-electron chi connectivity index (χ4n) is 3.64.